The maximum absolute atomic E-state index is 12.5. The molecule has 0 heterocycles. The quantitative estimate of drug-likeness (QED) is 0.824. The Morgan fingerprint density at radius 3 is 2.38 bits per heavy atom. The van der Waals surface area contributed by atoms with Gasteiger partial charge in [0, 0.05) is 12.6 Å². The van der Waals surface area contributed by atoms with Gasteiger partial charge in [0.15, 0.2) is 0 Å². The number of hydrogen-bond acceptors (Lipinski definition) is 1. The van der Waals surface area contributed by atoms with Gasteiger partial charge in [0.25, 0.3) is 0 Å². The Morgan fingerprint density at radius 1 is 1.14 bits per heavy atom. The lowest BCUT2D eigenvalue weighted by Gasteiger charge is -2.32. The van der Waals surface area contributed by atoms with E-state index in [4.69, 9.17) is 0 Å². The number of nitrogens with one attached hydrogen (secondary N) is 1. The van der Waals surface area contributed by atoms with Crippen molar-refractivity contribution < 1.29 is 13.2 Å². The van der Waals surface area contributed by atoms with Crippen LogP contribution in [0.3, 0.4) is 0 Å². The molecular formula is C17H24F3N. The number of hydrogen-bond donors (Lipinski definition) is 1. The zero-order valence-electron chi connectivity index (χ0n) is 12.7. The van der Waals surface area contributed by atoms with Crippen molar-refractivity contribution in [2.45, 2.75) is 58.3 Å². The molecule has 118 valence electrons. The maximum Gasteiger partial charge on any atom is 0.416 e. The second-order valence-electron chi connectivity index (χ2n) is 6.44. The summed E-state index contributed by atoms with van der Waals surface area (Å²) in [5.41, 5.74) is 0.332. The van der Waals surface area contributed by atoms with E-state index in [1.54, 1.807) is 12.1 Å². The molecule has 0 aliphatic heterocycles. The van der Waals surface area contributed by atoms with E-state index in [-0.39, 0.29) is 0 Å². The van der Waals surface area contributed by atoms with E-state index < -0.39 is 11.7 Å². The molecule has 0 radical (unpaired) electrons. The zero-order chi connectivity index (χ0) is 15.5. The predicted molar refractivity (Wildman–Crippen MR) is 78.9 cm³/mol. The van der Waals surface area contributed by atoms with Crippen molar-refractivity contribution in [1.29, 1.82) is 0 Å². The molecule has 1 N–H and O–H groups in total. The van der Waals surface area contributed by atoms with Crippen LogP contribution in [0.5, 0.6) is 0 Å². The third kappa shape index (κ3) is 4.73. The molecule has 2 unspecified atom stereocenters. The van der Waals surface area contributed by atoms with E-state index in [1.165, 1.54) is 25.7 Å². The Balaban J connectivity index is 1.85. The van der Waals surface area contributed by atoms with Gasteiger partial charge >= 0.3 is 6.18 Å². The van der Waals surface area contributed by atoms with Gasteiger partial charge in [0.1, 0.15) is 0 Å². The minimum atomic E-state index is -4.25. The summed E-state index contributed by atoms with van der Waals surface area (Å²) in [4.78, 5) is 0. The van der Waals surface area contributed by atoms with Crippen LogP contribution in [0.4, 0.5) is 13.2 Å². The van der Waals surface area contributed by atoms with Gasteiger partial charge in [0.2, 0.25) is 0 Å². The highest BCUT2D eigenvalue weighted by atomic mass is 19.4. The molecule has 1 aliphatic carbocycles. The molecular weight excluding hydrogens is 275 g/mol. The lowest BCUT2D eigenvalue weighted by molar-refractivity contribution is -0.137. The molecule has 1 nitrogen and oxygen atoms in total. The number of benzene rings is 1. The summed E-state index contributed by atoms with van der Waals surface area (Å²) in [6.45, 7) is 5.18. The normalized spacial score (nSPS) is 23.5. The van der Waals surface area contributed by atoms with Crippen molar-refractivity contribution in [3.8, 4) is 0 Å². The topological polar surface area (TPSA) is 12.0 Å². The Hall–Kier alpha value is -1.03. The molecule has 1 saturated carbocycles. The highest BCUT2D eigenvalue weighted by Crippen LogP contribution is 2.31. The Labute approximate surface area is 124 Å². The molecule has 1 aromatic carbocycles. The largest absolute Gasteiger partial charge is 0.416 e. The van der Waals surface area contributed by atoms with Crippen molar-refractivity contribution >= 4 is 0 Å². The lowest BCUT2D eigenvalue weighted by atomic mass is 9.79. The van der Waals surface area contributed by atoms with Crippen molar-refractivity contribution in [2.24, 2.45) is 11.8 Å². The van der Waals surface area contributed by atoms with Crippen LogP contribution in [0.1, 0.15) is 50.7 Å². The van der Waals surface area contributed by atoms with E-state index in [0.717, 1.165) is 23.6 Å². The molecule has 1 aliphatic rings. The van der Waals surface area contributed by atoms with Crippen LogP contribution in [-0.2, 0) is 12.7 Å². The summed E-state index contributed by atoms with van der Waals surface area (Å²) in [5.74, 6) is 1.48. The SMILES string of the molecule is CC(C)C1CCCC(NCc2ccc(C(F)(F)F)cc2)C1. The molecule has 4 heteroatoms. The first-order valence-corrected chi connectivity index (χ1v) is 7.76. The minimum Gasteiger partial charge on any atom is -0.310 e. The Bertz CT molecular complexity index is 436. The second kappa shape index (κ2) is 6.82. The van der Waals surface area contributed by atoms with Gasteiger partial charge in [-0.05, 0) is 42.4 Å². The molecule has 0 aromatic heterocycles. The fraction of sp³-hybridized carbons (Fsp3) is 0.647. The highest BCUT2D eigenvalue weighted by Gasteiger charge is 2.30. The smallest absolute Gasteiger partial charge is 0.310 e. The molecule has 0 amide bonds. The van der Waals surface area contributed by atoms with Gasteiger partial charge in [-0.15, -0.1) is 0 Å². The first-order valence-electron chi connectivity index (χ1n) is 7.76. The van der Waals surface area contributed by atoms with E-state index in [9.17, 15) is 13.2 Å². The molecule has 0 saturated heterocycles. The van der Waals surface area contributed by atoms with Crippen LogP contribution in [0.25, 0.3) is 0 Å². The number of alkyl halides is 3. The monoisotopic (exact) mass is 299 g/mol. The second-order valence-corrected chi connectivity index (χ2v) is 6.44. The van der Waals surface area contributed by atoms with Crippen molar-refractivity contribution in [1.82, 2.24) is 5.32 Å². The lowest BCUT2D eigenvalue weighted by Crippen LogP contribution is -2.35. The molecule has 0 bridgehead atoms. The first kappa shape index (κ1) is 16.3. The van der Waals surface area contributed by atoms with Gasteiger partial charge in [-0.2, -0.15) is 13.2 Å². The maximum atomic E-state index is 12.5. The van der Waals surface area contributed by atoms with Crippen molar-refractivity contribution in [2.75, 3.05) is 0 Å². The van der Waals surface area contributed by atoms with Gasteiger partial charge < -0.3 is 5.32 Å². The molecule has 2 rings (SSSR count). The summed E-state index contributed by atoms with van der Waals surface area (Å²) in [6, 6.07) is 5.95. The Morgan fingerprint density at radius 2 is 1.81 bits per heavy atom. The van der Waals surface area contributed by atoms with E-state index in [0.29, 0.717) is 18.5 Å². The molecule has 1 aromatic rings. The van der Waals surface area contributed by atoms with Crippen LogP contribution < -0.4 is 5.32 Å². The first-order chi connectivity index (χ1) is 9.86. The summed E-state index contributed by atoms with van der Waals surface area (Å²) < 4.78 is 37.5. The van der Waals surface area contributed by atoms with E-state index in [1.807, 2.05) is 0 Å². The van der Waals surface area contributed by atoms with Crippen LogP contribution in [0, 0.1) is 11.8 Å². The molecule has 0 spiro atoms. The van der Waals surface area contributed by atoms with Gasteiger partial charge in [-0.25, -0.2) is 0 Å². The average molecular weight is 299 g/mol. The van der Waals surface area contributed by atoms with Gasteiger partial charge in [-0.3, -0.25) is 0 Å². The molecule has 21 heavy (non-hydrogen) atoms. The van der Waals surface area contributed by atoms with Gasteiger partial charge in [-0.1, -0.05) is 38.8 Å². The summed E-state index contributed by atoms with van der Waals surface area (Å²) in [6.07, 6.45) is 0.644. The third-order valence-electron chi connectivity index (χ3n) is 4.53. The zero-order valence-corrected chi connectivity index (χ0v) is 12.7. The third-order valence-corrected chi connectivity index (χ3v) is 4.53. The summed E-state index contributed by atoms with van der Waals surface area (Å²) >= 11 is 0. The molecule has 2 atom stereocenters. The fourth-order valence-electron chi connectivity index (χ4n) is 3.09. The summed E-state index contributed by atoms with van der Waals surface area (Å²) in [7, 11) is 0. The van der Waals surface area contributed by atoms with Crippen LogP contribution in [-0.4, -0.2) is 6.04 Å². The van der Waals surface area contributed by atoms with Crippen LogP contribution in [0.15, 0.2) is 24.3 Å². The summed E-state index contributed by atoms with van der Waals surface area (Å²) in [5, 5.41) is 3.50. The van der Waals surface area contributed by atoms with Crippen LogP contribution in [0.2, 0.25) is 0 Å². The average Bonchev–Trinajstić information content (AvgIpc) is 2.45. The van der Waals surface area contributed by atoms with E-state index in [2.05, 4.69) is 19.2 Å². The number of halogens is 3. The minimum absolute atomic E-state index is 0.494. The van der Waals surface area contributed by atoms with Crippen LogP contribution >= 0.6 is 0 Å². The highest BCUT2D eigenvalue weighted by molar-refractivity contribution is 5.24. The van der Waals surface area contributed by atoms with E-state index >= 15 is 0 Å². The number of rotatable bonds is 4. The Kier molecular flexibility index (Phi) is 5.31. The molecule has 1 fully saturated rings. The predicted octanol–water partition coefficient (Wildman–Crippen LogP) is 5.01. The standard InChI is InChI=1S/C17H24F3N/c1-12(2)14-4-3-5-16(10-14)21-11-13-6-8-15(9-7-13)17(18,19)20/h6-9,12,14,16,21H,3-5,10-11H2,1-2H3. The van der Waals surface area contributed by atoms with Gasteiger partial charge in [0.05, 0.1) is 5.56 Å². The fourth-order valence-corrected chi connectivity index (χ4v) is 3.09. The van der Waals surface area contributed by atoms with Crippen molar-refractivity contribution in [3.05, 3.63) is 35.4 Å². The van der Waals surface area contributed by atoms with Crippen molar-refractivity contribution in [3.63, 3.8) is 0 Å².